The predicted molar refractivity (Wildman–Crippen MR) is 98.9 cm³/mol. The van der Waals surface area contributed by atoms with Crippen LogP contribution in [0.3, 0.4) is 0 Å². The average Bonchev–Trinajstić information content (AvgIpc) is 2.65. The SMILES string of the molecule is CCC(=O)COc1ccc(OCCCNCCCO)c2c1NC(=O)CC2. The van der Waals surface area contributed by atoms with E-state index in [0.29, 0.717) is 37.3 Å². The van der Waals surface area contributed by atoms with Crippen LogP contribution in [0.5, 0.6) is 11.5 Å². The Kier molecular flexibility index (Phi) is 8.37. The molecule has 1 heterocycles. The van der Waals surface area contributed by atoms with Crippen LogP contribution in [0.25, 0.3) is 0 Å². The number of hydrogen-bond acceptors (Lipinski definition) is 6. The van der Waals surface area contributed by atoms with E-state index in [0.717, 1.165) is 37.2 Å². The Balaban J connectivity index is 1.96. The van der Waals surface area contributed by atoms with Gasteiger partial charge in [-0.1, -0.05) is 6.92 Å². The van der Waals surface area contributed by atoms with Crippen molar-refractivity contribution in [1.82, 2.24) is 5.32 Å². The summed E-state index contributed by atoms with van der Waals surface area (Å²) in [6, 6.07) is 3.57. The number of carbonyl (C=O) groups is 2. The van der Waals surface area contributed by atoms with Gasteiger partial charge in [-0.3, -0.25) is 9.59 Å². The molecule has 0 atom stereocenters. The molecule has 7 heteroatoms. The van der Waals surface area contributed by atoms with E-state index in [2.05, 4.69) is 10.6 Å². The fourth-order valence-electron chi connectivity index (χ4n) is 2.66. The molecule has 0 radical (unpaired) electrons. The summed E-state index contributed by atoms with van der Waals surface area (Å²) in [5, 5.41) is 14.8. The van der Waals surface area contributed by atoms with Crippen LogP contribution in [0.4, 0.5) is 5.69 Å². The zero-order valence-electron chi connectivity index (χ0n) is 15.3. The Morgan fingerprint density at radius 3 is 2.73 bits per heavy atom. The lowest BCUT2D eigenvalue weighted by molar-refractivity contribution is -0.120. The van der Waals surface area contributed by atoms with E-state index in [1.807, 2.05) is 6.07 Å². The van der Waals surface area contributed by atoms with E-state index in [1.165, 1.54) is 0 Å². The normalized spacial score (nSPS) is 13.1. The van der Waals surface area contributed by atoms with Gasteiger partial charge < -0.3 is 25.2 Å². The van der Waals surface area contributed by atoms with E-state index in [1.54, 1.807) is 13.0 Å². The van der Waals surface area contributed by atoms with Crippen molar-refractivity contribution in [3.8, 4) is 11.5 Å². The molecule has 3 N–H and O–H groups in total. The minimum Gasteiger partial charge on any atom is -0.493 e. The number of benzene rings is 1. The molecule has 2 rings (SSSR count). The molecule has 1 aliphatic rings. The van der Waals surface area contributed by atoms with Crippen LogP contribution in [-0.2, 0) is 16.0 Å². The van der Waals surface area contributed by atoms with Gasteiger partial charge in [0.1, 0.15) is 18.1 Å². The van der Waals surface area contributed by atoms with Gasteiger partial charge in [0.2, 0.25) is 5.91 Å². The van der Waals surface area contributed by atoms with Crippen molar-refractivity contribution in [3.63, 3.8) is 0 Å². The van der Waals surface area contributed by atoms with E-state index in [9.17, 15) is 9.59 Å². The van der Waals surface area contributed by atoms with Crippen LogP contribution in [0, 0.1) is 0 Å². The van der Waals surface area contributed by atoms with Crippen molar-refractivity contribution in [2.75, 3.05) is 38.2 Å². The van der Waals surface area contributed by atoms with Gasteiger partial charge in [-0.05, 0) is 44.5 Å². The lowest BCUT2D eigenvalue weighted by Crippen LogP contribution is -2.22. The number of carbonyl (C=O) groups excluding carboxylic acids is 2. The van der Waals surface area contributed by atoms with Crippen LogP contribution in [-0.4, -0.2) is 49.7 Å². The van der Waals surface area contributed by atoms with Gasteiger partial charge in [0.15, 0.2) is 5.78 Å². The Labute approximate surface area is 154 Å². The molecule has 26 heavy (non-hydrogen) atoms. The molecule has 1 amide bonds. The highest BCUT2D eigenvalue weighted by Crippen LogP contribution is 2.38. The van der Waals surface area contributed by atoms with Gasteiger partial charge in [0.05, 0.1) is 12.3 Å². The van der Waals surface area contributed by atoms with Gasteiger partial charge in [-0.2, -0.15) is 0 Å². The molecule has 0 saturated carbocycles. The second-order valence-electron chi connectivity index (χ2n) is 6.17. The number of rotatable bonds is 12. The summed E-state index contributed by atoms with van der Waals surface area (Å²) in [7, 11) is 0. The Bertz CT molecular complexity index is 618. The lowest BCUT2D eigenvalue weighted by Gasteiger charge is -2.23. The molecule has 144 valence electrons. The zero-order chi connectivity index (χ0) is 18.8. The molecule has 7 nitrogen and oxygen atoms in total. The van der Waals surface area contributed by atoms with Crippen molar-refractivity contribution in [2.45, 2.75) is 39.0 Å². The lowest BCUT2D eigenvalue weighted by atomic mass is 10.0. The van der Waals surface area contributed by atoms with Crippen LogP contribution in [0.1, 0.15) is 38.2 Å². The second kappa shape index (κ2) is 10.8. The number of aliphatic hydroxyl groups excluding tert-OH is 1. The minimum atomic E-state index is -0.0607. The number of hydrogen-bond donors (Lipinski definition) is 3. The number of anilines is 1. The zero-order valence-corrected chi connectivity index (χ0v) is 15.3. The molecule has 0 aliphatic carbocycles. The summed E-state index contributed by atoms with van der Waals surface area (Å²) in [5.74, 6) is 1.20. The summed E-state index contributed by atoms with van der Waals surface area (Å²) in [4.78, 5) is 23.3. The highest BCUT2D eigenvalue weighted by molar-refractivity contribution is 5.96. The predicted octanol–water partition coefficient (Wildman–Crippen LogP) is 1.67. The standard InChI is InChI=1S/C19H28N2O5/c1-2-14(23)13-26-17-7-6-16(15-5-8-18(24)21-19(15)17)25-12-4-10-20-9-3-11-22/h6-7,20,22H,2-5,8-13H2,1H3,(H,21,24). The highest BCUT2D eigenvalue weighted by atomic mass is 16.5. The Morgan fingerprint density at radius 2 is 1.96 bits per heavy atom. The fourth-order valence-corrected chi connectivity index (χ4v) is 2.66. The average molecular weight is 364 g/mol. The van der Waals surface area contributed by atoms with Crippen molar-refractivity contribution in [3.05, 3.63) is 17.7 Å². The molecule has 0 fully saturated rings. The van der Waals surface area contributed by atoms with Crippen molar-refractivity contribution in [2.24, 2.45) is 0 Å². The van der Waals surface area contributed by atoms with E-state index < -0.39 is 0 Å². The monoisotopic (exact) mass is 364 g/mol. The van der Waals surface area contributed by atoms with Gasteiger partial charge in [0, 0.05) is 25.0 Å². The maximum Gasteiger partial charge on any atom is 0.224 e. The summed E-state index contributed by atoms with van der Waals surface area (Å²) >= 11 is 0. The van der Waals surface area contributed by atoms with E-state index in [-0.39, 0.29) is 24.9 Å². The molecule has 0 unspecified atom stereocenters. The van der Waals surface area contributed by atoms with Gasteiger partial charge in [-0.15, -0.1) is 0 Å². The minimum absolute atomic E-state index is 0.00146. The van der Waals surface area contributed by atoms with Crippen molar-refractivity contribution < 1.29 is 24.2 Å². The first kappa shape index (κ1) is 20.2. The van der Waals surface area contributed by atoms with Crippen LogP contribution in [0.2, 0.25) is 0 Å². The third-order valence-corrected chi connectivity index (χ3v) is 4.15. The first-order valence-electron chi connectivity index (χ1n) is 9.20. The third kappa shape index (κ3) is 6.00. The quantitative estimate of drug-likeness (QED) is 0.488. The third-order valence-electron chi connectivity index (χ3n) is 4.15. The molecule has 0 saturated heterocycles. The second-order valence-corrected chi connectivity index (χ2v) is 6.17. The van der Waals surface area contributed by atoms with E-state index >= 15 is 0 Å². The molecule has 0 aromatic heterocycles. The number of ketones is 1. The number of nitrogens with one attached hydrogen (secondary N) is 2. The van der Waals surface area contributed by atoms with Crippen molar-refractivity contribution in [1.29, 1.82) is 0 Å². The van der Waals surface area contributed by atoms with E-state index in [4.69, 9.17) is 14.6 Å². The number of ether oxygens (including phenoxy) is 2. The Hall–Kier alpha value is -2.12. The molecule has 1 aromatic rings. The van der Waals surface area contributed by atoms with Crippen molar-refractivity contribution >= 4 is 17.4 Å². The number of Topliss-reactive ketones (excluding diaryl/α,β-unsaturated/α-hetero) is 1. The van der Waals surface area contributed by atoms with Crippen LogP contribution >= 0.6 is 0 Å². The summed E-state index contributed by atoms with van der Waals surface area (Å²) in [6.45, 7) is 4.15. The number of aliphatic hydroxyl groups is 1. The van der Waals surface area contributed by atoms with Crippen LogP contribution < -0.4 is 20.1 Å². The molecular formula is C19H28N2O5. The van der Waals surface area contributed by atoms with Gasteiger partial charge in [-0.25, -0.2) is 0 Å². The molecular weight excluding hydrogens is 336 g/mol. The first-order chi connectivity index (χ1) is 12.7. The van der Waals surface area contributed by atoms with Crippen LogP contribution in [0.15, 0.2) is 12.1 Å². The topological polar surface area (TPSA) is 96.9 Å². The van der Waals surface area contributed by atoms with Gasteiger partial charge >= 0.3 is 0 Å². The van der Waals surface area contributed by atoms with Gasteiger partial charge in [0.25, 0.3) is 0 Å². The molecule has 1 aromatic carbocycles. The number of fused-ring (bicyclic) bond motifs is 1. The molecule has 1 aliphatic heterocycles. The number of amides is 1. The maximum atomic E-state index is 11.8. The fraction of sp³-hybridized carbons (Fsp3) is 0.579. The maximum absolute atomic E-state index is 11.8. The summed E-state index contributed by atoms with van der Waals surface area (Å²) in [6.07, 6.45) is 3.00. The highest BCUT2D eigenvalue weighted by Gasteiger charge is 2.23. The molecule has 0 spiro atoms. The summed E-state index contributed by atoms with van der Waals surface area (Å²) in [5.41, 5.74) is 1.53. The smallest absolute Gasteiger partial charge is 0.224 e. The summed E-state index contributed by atoms with van der Waals surface area (Å²) < 4.78 is 11.5. The largest absolute Gasteiger partial charge is 0.493 e. The Morgan fingerprint density at radius 1 is 1.19 bits per heavy atom. The first-order valence-corrected chi connectivity index (χ1v) is 9.20. The molecule has 0 bridgehead atoms.